The molecule has 0 amide bonds. The fourth-order valence-corrected chi connectivity index (χ4v) is 6.04. The van der Waals surface area contributed by atoms with Crippen molar-refractivity contribution in [2.75, 3.05) is 13.2 Å². The summed E-state index contributed by atoms with van der Waals surface area (Å²) < 4.78 is 16.7. The maximum Gasteiger partial charge on any atom is 0.306 e. The molecule has 0 saturated heterocycles. The summed E-state index contributed by atoms with van der Waals surface area (Å²) in [6.07, 6.45) is 75.1. The van der Waals surface area contributed by atoms with Crippen LogP contribution in [0.3, 0.4) is 0 Å². The van der Waals surface area contributed by atoms with E-state index in [2.05, 4.69) is 87.6 Å². The monoisotopic (exact) mass is 893 g/mol. The second-order valence-electron chi connectivity index (χ2n) is 15.8. The van der Waals surface area contributed by atoms with Crippen LogP contribution in [-0.4, -0.2) is 37.2 Å². The van der Waals surface area contributed by atoms with Gasteiger partial charge in [0.25, 0.3) is 0 Å². The Hall–Kier alpha value is -4.97. The van der Waals surface area contributed by atoms with Crippen LogP contribution in [0.2, 0.25) is 0 Å². The smallest absolute Gasteiger partial charge is 0.306 e. The molecule has 0 fully saturated rings. The zero-order valence-electron chi connectivity index (χ0n) is 40.9. The number of hydrogen-bond acceptors (Lipinski definition) is 6. The molecule has 0 rings (SSSR count). The summed E-state index contributed by atoms with van der Waals surface area (Å²) in [5.74, 6) is -1.06. The molecule has 0 aliphatic rings. The fraction of sp³-hybridized carbons (Fsp3) is 0.508. The second-order valence-corrected chi connectivity index (χ2v) is 15.8. The lowest BCUT2D eigenvalue weighted by Crippen LogP contribution is -2.30. The Balaban J connectivity index is 4.59. The van der Waals surface area contributed by atoms with Crippen molar-refractivity contribution in [2.45, 2.75) is 181 Å². The van der Waals surface area contributed by atoms with Crippen LogP contribution < -0.4 is 0 Å². The molecule has 0 heterocycles. The first-order valence-electron chi connectivity index (χ1n) is 25.1. The van der Waals surface area contributed by atoms with Gasteiger partial charge in [-0.25, -0.2) is 0 Å². The normalized spacial score (nSPS) is 13.5. The quantitative estimate of drug-likeness (QED) is 0.0200. The van der Waals surface area contributed by atoms with Crippen molar-refractivity contribution in [1.82, 2.24) is 0 Å². The van der Waals surface area contributed by atoms with E-state index in [0.29, 0.717) is 12.8 Å². The highest BCUT2D eigenvalue weighted by atomic mass is 16.6. The third kappa shape index (κ3) is 49.9. The lowest BCUT2D eigenvalue weighted by atomic mass is 10.1. The molecule has 0 aliphatic heterocycles. The number of rotatable bonds is 42. The van der Waals surface area contributed by atoms with Gasteiger partial charge in [0.05, 0.1) is 0 Å². The molecule has 0 saturated carbocycles. The van der Waals surface area contributed by atoms with Crippen LogP contribution in [0.25, 0.3) is 0 Å². The van der Waals surface area contributed by atoms with Gasteiger partial charge < -0.3 is 14.2 Å². The lowest BCUT2D eigenvalue weighted by molar-refractivity contribution is -0.167. The number of carbonyl (C=O) groups is 3. The van der Waals surface area contributed by atoms with Crippen molar-refractivity contribution < 1.29 is 28.6 Å². The Kier molecular flexibility index (Phi) is 47.7. The molecule has 0 bridgehead atoms. The molecular formula is C59H88O6. The Morgan fingerprint density at radius 2 is 0.692 bits per heavy atom. The molecule has 0 N–H and O–H groups in total. The van der Waals surface area contributed by atoms with Crippen molar-refractivity contribution in [3.63, 3.8) is 0 Å². The molecule has 65 heavy (non-hydrogen) atoms. The maximum absolute atomic E-state index is 12.8. The highest BCUT2D eigenvalue weighted by molar-refractivity contribution is 5.71. The summed E-state index contributed by atoms with van der Waals surface area (Å²) in [5, 5.41) is 0. The molecule has 0 aromatic rings. The SMILES string of the molecule is CC\C=C/C=C\C=C/C=C\C=C/CCCC(=O)OCC(COC(=O)CCCCCCC\C=C/C=C\C=C/C=C\C=C/CCC)OC(=O)CCCCCCCC/C=C\C/C=C\C/C=C\CC. The summed E-state index contributed by atoms with van der Waals surface area (Å²) in [6, 6.07) is 0. The third-order valence-electron chi connectivity index (χ3n) is 9.73. The van der Waals surface area contributed by atoms with E-state index < -0.39 is 6.10 Å². The summed E-state index contributed by atoms with van der Waals surface area (Å²) >= 11 is 0. The van der Waals surface area contributed by atoms with Crippen molar-refractivity contribution in [2.24, 2.45) is 0 Å². The Bertz CT molecular complexity index is 1540. The molecular weight excluding hydrogens is 805 g/mol. The van der Waals surface area contributed by atoms with Crippen LogP contribution in [0.1, 0.15) is 175 Å². The van der Waals surface area contributed by atoms with E-state index >= 15 is 0 Å². The second kappa shape index (κ2) is 51.7. The predicted octanol–water partition coefficient (Wildman–Crippen LogP) is 16.6. The molecule has 0 spiro atoms. The number of hydrogen-bond donors (Lipinski definition) is 0. The van der Waals surface area contributed by atoms with Crippen LogP contribution in [0.15, 0.2) is 158 Å². The number of esters is 3. The molecule has 1 unspecified atom stereocenters. The minimum Gasteiger partial charge on any atom is -0.462 e. The Morgan fingerprint density at radius 1 is 0.338 bits per heavy atom. The number of ether oxygens (including phenoxy) is 3. The van der Waals surface area contributed by atoms with Gasteiger partial charge in [-0.3, -0.25) is 14.4 Å². The fourth-order valence-electron chi connectivity index (χ4n) is 6.04. The van der Waals surface area contributed by atoms with Crippen molar-refractivity contribution in [3.8, 4) is 0 Å². The maximum atomic E-state index is 12.8. The number of allylic oxidation sites excluding steroid dienone is 26. The standard InChI is InChI=1S/C59H88O6/c1-4-7-10-13-16-19-22-25-27-29-30-32-34-37-40-43-46-49-52-58(61)64-55-56(54-63-57(60)51-48-45-42-39-36-33-24-21-18-15-12-9-6-3)65-59(62)53-50-47-44-41-38-35-31-28-26-23-20-17-14-11-8-5-2/h8-13,15-22,24-30,32-33,36,39,42,56H,4-7,14,23,31,34-35,37-38,40-41,43-55H2,1-3H3/b11-8-,12-9-,13-10-,18-15-,19-16-,20-17-,24-21-,25-22-,28-26-,29-27-,32-30-,36-33-,42-39-. The summed E-state index contributed by atoms with van der Waals surface area (Å²) in [7, 11) is 0. The van der Waals surface area contributed by atoms with Crippen LogP contribution in [0.5, 0.6) is 0 Å². The molecule has 1 atom stereocenters. The van der Waals surface area contributed by atoms with Crippen molar-refractivity contribution >= 4 is 17.9 Å². The Morgan fingerprint density at radius 3 is 1.18 bits per heavy atom. The number of carbonyl (C=O) groups excluding carboxylic acids is 3. The third-order valence-corrected chi connectivity index (χ3v) is 9.73. The van der Waals surface area contributed by atoms with Crippen molar-refractivity contribution in [3.05, 3.63) is 158 Å². The van der Waals surface area contributed by atoms with E-state index in [1.54, 1.807) is 0 Å². The van der Waals surface area contributed by atoms with Gasteiger partial charge in [-0.2, -0.15) is 0 Å². The lowest BCUT2D eigenvalue weighted by Gasteiger charge is -2.18. The van der Waals surface area contributed by atoms with Crippen LogP contribution in [0.4, 0.5) is 0 Å². The molecule has 360 valence electrons. The topological polar surface area (TPSA) is 78.9 Å². The van der Waals surface area contributed by atoms with Gasteiger partial charge in [-0.15, -0.1) is 0 Å². The van der Waals surface area contributed by atoms with Gasteiger partial charge in [0.1, 0.15) is 13.2 Å². The first kappa shape index (κ1) is 60.0. The highest BCUT2D eigenvalue weighted by Gasteiger charge is 2.19. The zero-order chi connectivity index (χ0) is 47.2. The van der Waals surface area contributed by atoms with E-state index in [0.717, 1.165) is 109 Å². The first-order valence-corrected chi connectivity index (χ1v) is 25.1. The molecule has 6 nitrogen and oxygen atoms in total. The highest BCUT2D eigenvalue weighted by Crippen LogP contribution is 2.12. The van der Waals surface area contributed by atoms with E-state index in [9.17, 15) is 14.4 Å². The van der Waals surface area contributed by atoms with Gasteiger partial charge in [0, 0.05) is 19.3 Å². The minimum absolute atomic E-state index is 0.128. The summed E-state index contributed by atoms with van der Waals surface area (Å²) in [6.45, 7) is 6.16. The van der Waals surface area contributed by atoms with E-state index in [1.807, 2.05) is 91.1 Å². The van der Waals surface area contributed by atoms with Crippen LogP contribution in [-0.2, 0) is 28.6 Å². The Labute approximate surface area is 397 Å². The van der Waals surface area contributed by atoms with Gasteiger partial charge in [-0.1, -0.05) is 230 Å². The molecule has 0 radical (unpaired) electrons. The van der Waals surface area contributed by atoms with Gasteiger partial charge >= 0.3 is 17.9 Å². The predicted molar refractivity (Wildman–Crippen MR) is 278 cm³/mol. The van der Waals surface area contributed by atoms with E-state index in [-0.39, 0.29) is 44.0 Å². The minimum atomic E-state index is -0.832. The summed E-state index contributed by atoms with van der Waals surface area (Å²) in [4.78, 5) is 38.0. The van der Waals surface area contributed by atoms with Crippen molar-refractivity contribution in [1.29, 1.82) is 0 Å². The van der Waals surface area contributed by atoms with E-state index in [1.165, 1.54) is 19.3 Å². The average molecular weight is 893 g/mol. The number of unbranched alkanes of at least 4 members (excludes halogenated alkanes) is 13. The zero-order valence-corrected chi connectivity index (χ0v) is 40.9. The molecule has 6 heteroatoms. The van der Waals surface area contributed by atoms with Crippen LogP contribution in [0, 0.1) is 0 Å². The van der Waals surface area contributed by atoms with Gasteiger partial charge in [-0.05, 0) is 83.5 Å². The largest absolute Gasteiger partial charge is 0.462 e. The molecule has 0 aromatic carbocycles. The molecule has 0 aromatic heterocycles. The van der Waals surface area contributed by atoms with Gasteiger partial charge in [0.15, 0.2) is 6.10 Å². The molecule has 0 aliphatic carbocycles. The van der Waals surface area contributed by atoms with Crippen LogP contribution >= 0.6 is 0 Å². The van der Waals surface area contributed by atoms with Gasteiger partial charge in [0.2, 0.25) is 0 Å². The average Bonchev–Trinajstić information content (AvgIpc) is 3.30. The van der Waals surface area contributed by atoms with E-state index in [4.69, 9.17) is 14.2 Å². The first-order chi connectivity index (χ1) is 32.0. The summed E-state index contributed by atoms with van der Waals surface area (Å²) in [5.41, 5.74) is 0.